The first-order chi connectivity index (χ1) is 13.0. The second-order valence-electron chi connectivity index (χ2n) is 6.43. The van der Waals surface area contributed by atoms with E-state index in [-0.39, 0.29) is 22.6 Å². The van der Waals surface area contributed by atoms with E-state index in [0.717, 1.165) is 18.4 Å². The molecule has 1 aliphatic rings. The van der Waals surface area contributed by atoms with Crippen molar-refractivity contribution in [2.24, 2.45) is 0 Å². The van der Waals surface area contributed by atoms with Crippen LogP contribution in [-0.4, -0.2) is 42.5 Å². The fourth-order valence-electron chi connectivity index (χ4n) is 2.93. The average Bonchev–Trinajstić information content (AvgIpc) is 3.23. The first-order valence-corrected chi connectivity index (χ1v) is 11.3. The summed E-state index contributed by atoms with van der Waals surface area (Å²) in [5.74, 6) is 0.134. The molecule has 1 aliphatic heterocycles. The molecule has 8 heteroatoms. The number of hydrogen-bond acceptors (Lipinski definition) is 5. The summed E-state index contributed by atoms with van der Waals surface area (Å²) in [4.78, 5) is 16.5. The molecule has 0 spiro atoms. The van der Waals surface area contributed by atoms with Crippen LogP contribution in [0.15, 0.2) is 58.6 Å². The predicted octanol–water partition coefficient (Wildman–Crippen LogP) is 2.84. The molecule has 3 rings (SSSR count). The van der Waals surface area contributed by atoms with Crippen LogP contribution in [0.5, 0.6) is 0 Å². The molecule has 1 aromatic carbocycles. The molecule has 27 heavy (non-hydrogen) atoms. The molecule has 0 aliphatic carbocycles. The van der Waals surface area contributed by atoms with Crippen LogP contribution < -0.4 is 5.32 Å². The standard InChI is InChI=1S/C19H23N3O3S2/c1-15(16-7-3-2-4-8-16)21-18(23)14-26-19-10-9-17(13-20-19)27(24,25)22-11-5-6-12-22/h2-4,7-10,13,15H,5-6,11-12,14H2,1H3,(H,21,23)/t15-/m1/s1. The third-order valence-corrected chi connectivity index (χ3v) is 7.27. The summed E-state index contributed by atoms with van der Waals surface area (Å²) in [6.45, 7) is 3.07. The maximum Gasteiger partial charge on any atom is 0.244 e. The molecule has 1 saturated heterocycles. The maximum atomic E-state index is 12.5. The highest BCUT2D eigenvalue weighted by Gasteiger charge is 2.27. The van der Waals surface area contributed by atoms with Crippen LogP contribution in [0, 0.1) is 0 Å². The van der Waals surface area contributed by atoms with Crippen LogP contribution in [0.1, 0.15) is 31.4 Å². The highest BCUT2D eigenvalue weighted by molar-refractivity contribution is 7.99. The fourth-order valence-corrected chi connectivity index (χ4v) is 5.05. The Morgan fingerprint density at radius 3 is 2.52 bits per heavy atom. The van der Waals surface area contributed by atoms with E-state index in [4.69, 9.17) is 0 Å². The fraction of sp³-hybridized carbons (Fsp3) is 0.368. The van der Waals surface area contributed by atoms with Crippen LogP contribution in [0.2, 0.25) is 0 Å². The Morgan fingerprint density at radius 2 is 1.89 bits per heavy atom. The van der Waals surface area contributed by atoms with E-state index in [9.17, 15) is 13.2 Å². The van der Waals surface area contributed by atoms with Crippen LogP contribution in [-0.2, 0) is 14.8 Å². The summed E-state index contributed by atoms with van der Waals surface area (Å²) in [7, 11) is -3.45. The Labute approximate surface area is 164 Å². The summed E-state index contributed by atoms with van der Waals surface area (Å²) >= 11 is 1.29. The van der Waals surface area contributed by atoms with Gasteiger partial charge >= 0.3 is 0 Å². The Kier molecular flexibility index (Phi) is 6.51. The number of sulfonamides is 1. The van der Waals surface area contributed by atoms with Crippen molar-refractivity contribution in [3.05, 3.63) is 54.2 Å². The summed E-state index contributed by atoms with van der Waals surface area (Å²) in [6, 6.07) is 12.9. The molecule has 2 heterocycles. The monoisotopic (exact) mass is 405 g/mol. The van der Waals surface area contributed by atoms with Gasteiger partial charge in [0.1, 0.15) is 4.90 Å². The van der Waals surface area contributed by atoms with Crippen molar-refractivity contribution in [3.63, 3.8) is 0 Å². The van der Waals surface area contributed by atoms with Crippen LogP contribution >= 0.6 is 11.8 Å². The Balaban J connectivity index is 1.53. The molecule has 1 aromatic heterocycles. The zero-order valence-electron chi connectivity index (χ0n) is 15.2. The maximum absolute atomic E-state index is 12.5. The third-order valence-electron chi connectivity index (χ3n) is 4.44. The Morgan fingerprint density at radius 1 is 1.19 bits per heavy atom. The average molecular weight is 406 g/mol. The highest BCUT2D eigenvalue weighted by Crippen LogP contribution is 2.22. The van der Waals surface area contributed by atoms with E-state index in [2.05, 4.69) is 10.3 Å². The van der Waals surface area contributed by atoms with Crippen LogP contribution in [0.25, 0.3) is 0 Å². The minimum absolute atomic E-state index is 0.0692. The van der Waals surface area contributed by atoms with Crippen molar-refractivity contribution in [3.8, 4) is 0 Å². The van der Waals surface area contributed by atoms with Gasteiger partial charge in [-0.3, -0.25) is 4.79 Å². The lowest BCUT2D eigenvalue weighted by molar-refractivity contribution is -0.119. The van der Waals surface area contributed by atoms with Crippen molar-refractivity contribution in [2.45, 2.75) is 35.7 Å². The van der Waals surface area contributed by atoms with Gasteiger partial charge < -0.3 is 5.32 Å². The zero-order chi connectivity index (χ0) is 19.3. The SMILES string of the molecule is C[C@@H](NC(=O)CSc1ccc(S(=O)(=O)N2CCCC2)cn1)c1ccccc1. The molecule has 0 saturated carbocycles. The smallest absolute Gasteiger partial charge is 0.244 e. The minimum atomic E-state index is -3.45. The summed E-state index contributed by atoms with van der Waals surface area (Å²) in [6.07, 6.45) is 3.18. The van der Waals surface area contributed by atoms with Crippen molar-refractivity contribution in [1.29, 1.82) is 0 Å². The molecule has 0 unspecified atom stereocenters. The number of nitrogens with one attached hydrogen (secondary N) is 1. The summed E-state index contributed by atoms with van der Waals surface area (Å²) in [5, 5.41) is 3.57. The van der Waals surface area contributed by atoms with Gasteiger partial charge in [0.2, 0.25) is 15.9 Å². The van der Waals surface area contributed by atoms with E-state index >= 15 is 0 Å². The number of carbonyl (C=O) groups excluding carboxylic acids is 1. The molecular formula is C19H23N3O3S2. The van der Waals surface area contributed by atoms with E-state index in [1.54, 1.807) is 12.1 Å². The molecule has 1 atom stereocenters. The number of benzene rings is 1. The van der Waals surface area contributed by atoms with E-state index in [1.165, 1.54) is 22.3 Å². The number of rotatable bonds is 7. The first-order valence-electron chi connectivity index (χ1n) is 8.90. The molecule has 1 amide bonds. The molecule has 1 fully saturated rings. The van der Waals surface area contributed by atoms with Crippen molar-refractivity contribution >= 4 is 27.7 Å². The molecular weight excluding hydrogens is 382 g/mol. The number of thioether (sulfide) groups is 1. The lowest BCUT2D eigenvalue weighted by atomic mass is 10.1. The first kappa shape index (κ1) is 19.9. The van der Waals surface area contributed by atoms with Gasteiger partial charge in [-0.15, -0.1) is 0 Å². The highest BCUT2D eigenvalue weighted by atomic mass is 32.2. The molecule has 144 valence electrons. The third kappa shape index (κ3) is 5.09. The van der Waals surface area contributed by atoms with Gasteiger partial charge in [-0.1, -0.05) is 42.1 Å². The number of carbonyl (C=O) groups is 1. The Hall–Kier alpha value is -1.90. The van der Waals surface area contributed by atoms with E-state index in [1.807, 2.05) is 37.3 Å². The van der Waals surface area contributed by atoms with Gasteiger partial charge in [-0.05, 0) is 37.5 Å². The molecule has 0 bridgehead atoms. The number of hydrogen-bond donors (Lipinski definition) is 1. The van der Waals surface area contributed by atoms with E-state index < -0.39 is 10.0 Å². The number of aromatic nitrogens is 1. The minimum Gasteiger partial charge on any atom is -0.349 e. The number of pyridine rings is 1. The zero-order valence-corrected chi connectivity index (χ0v) is 16.8. The van der Waals surface area contributed by atoms with Gasteiger partial charge in [-0.25, -0.2) is 13.4 Å². The quantitative estimate of drug-likeness (QED) is 0.717. The molecule has 6 nitrogen and oxygen atoms in total. The van der Waals surface area contributed by atoms with Crippen molar-refractivity contribution in [2.75, 3.05) is 18.8 Å². The largest absolute Gasteiger partial charge is 0.349 e. The topological polar surface area (TPSA) is 79.4 Å². The number of nitrogens with zero attached hydrogens (tertiary/aromatic N) is 2. The van der Waals surface area contributed by atoms with Gasteiger partial charge in [0.15, 0.2) is 0 Å². The van der Waals surface area contributed by atoms with Crippen molar-refractivity contribution in [1.82, 2.24) is 14.6 Å². The number of amides is 1. The van der Waals surface area contributed by atoms with Gasteiger partial charge in [0, 0.05) is 19.3 Å². The summed E-state index contributed by atoms with van der Waals surface area (Å²) in [5.41, 5.74) is 1.05. The predicted molar refractivity (Wildman–Crippen MR) is 106 cm³/mol. The normalized spacial score (nSPS) is 16.2. The second-order valence-corrected chi connectivity index (χ2v) is 9.37. The lowest BCUT2D eigenvalue weighted by Gasteiger charge is -2.15. The van der Waals surface area contributed by atoms with E-state index in [0.29, 0.717) is 18.1 Å². The Bertz CT molecular complexity index is 865. The molecule has 1 N–H and O–H groups in total. The van der Waals surface area contributed by atoms with Gasteiger partial charge in [0.25, 0.3) is 0 Å². The lowest BCUT2D eigenvalue weighted by Crippen LogP contribution is -2.28. The molecule has 2 aromatic rings. The van der Waals surface area contributed by atoms with Crippen LogP contribution in [0.4, 0.5) is 0 Å². The van der Waals surface area contributed by atoms with Gasteiger partial charge in [0.05, 0.1) is 16.8 Å². The van der Waals surface area contributed by atoms with Crippen LogP contribution in [0.3, 0.4) is 0 Å². The van der Waals surface area contributed by atoms with Gasteiger partial charge in [-0.2, -0.15) is 4.31 Å². The van der Waals surface area contributed by atoms with Crippen molar-refractivity contribution < 1.29 is 13.2 Å². The molecule has 0 radical (unpaired) electrons. The summed E-state index contributed by atoms with van der Waals surface area (Å²) < 4.78 is 26.5. The second kappa shape index (κ2) is 8.86.